The summed E-state index contributed by atoms with van der Waals surface area (Å²) in [6, 6.07) is 17.9. The highest BCUT2D eigenvalue weighted by Gasteiger charge is 2.30. The highest BCUT2D eigenvalue weighted by atomic mass is 16.2. The Balaban J connectivity index is 1.57. The van der Waals surface area contributed by atoms with Crippen molar-refractivity contribution >= 4 is 5.91 Å². The van der Waals surface area contributed by atoms with Crippen LogP contribution in [0.25, 0.3) is 11.4 Å². The molecule has 0 saturated heterocycles. The first-order valence-corrected chi connectivity index (χ1v) is 9.25. The number of carbonyl (C=O) groups excluding carboxylic acids is 1. The summed E-state index contributed by atoms with van der Waals surface area (Å²) in [4.78, 5) is 14.8. The van der Waals surface area contributed by atoms with Crippen LogP contribution in [0.3, 0.4) is 0 Å². The van der Waals surface area contributed by atoms with Crippen molar-refractivity contribution < 1.29 is 4.79 Å². The molecule has 27 heavy (non-hydrogen) atoms. The van der Waals surface area contributed by atoms with Crippen molar-refractivity contribution in [2.45, 2.75) is 25.9 Å². The quantitative estimate of drug-likeness (QED) is 0.775. The van der Waals surface area contributed by atoms with E-state index in [0.29, 0.717) is 25.2 Å². The summed E-state index contributed by atoms with van der Waals surface area (Å²) in [5.41, 5.74) is 8.47. The third kappa shape index (κ3) is 3.36. The topological polar surface area (TPSA) is 77.0 Å². The molecule has 1 amide bonds. The monoisotopic (exact) mass is 361 g/mol. The molecule has 0 bridgehead atoms. The van der Waals surface area contributed by atoms with Crippen LogP contribution in [0.1, 0.15) is 34.7 Å². The fourth-order valence-corrected chi connectivity index (χ4v) is 3.63. The number of rotatable bonds is 4. The van der Waals surface area contributed by atoms with Gasteiger partial charge >= 0.3 is 0 Å². The SMILES string of the molecule is C[C@H]1CN(C(=O)c2ccc(CCN)cc2)Cc2nnc(-c3ccccc3)n21. The van der Waals surface area contributed by atoms with Crippen molar-refractivity contribution in [3.63, 3.8) is 0 Å². The van der Waals surface area contributed by atoms with Gasteiger partial charge in [-0.3, -0.25) is 4.79 Å². The van der Waals surface area contributed by atoms with Crippen LogP contribution in [0.4, 0.5) is 0 Å². The van der Waals surface area contributed by atoms with Crippen LogP contribution in [0, 0.1) is 0 Å². The van der Waals surface area contributed by atoms with Crippen LogP contribution >= 0.6 is 0 Å². The first-order chi connectivity index (χ1) is 13.2. The Kier molecular flexibility index (Phi) is 4.73. The van der Waals surface area contributed by atoms with Gasteiger partial charge in [-0.1, -0.05) is 42.5 Å². The molecule has 3 aromatic rings. The Morgan fingerprint density at radius 1 is 1.11 bits per heavy atom. The molecule has 0 spiro atoms. The van der Waals surface area contributed by atoms with E-state index in [9.17, 15) is 4.79 Å². The van der Waals surface area contributed by atoms with E-state index in [4.69, 9.17) is 5.73 Å². The third-order valence-corrected chi connectivity index (χ3v) is 4.98. The van der Waals surface area contributed by atoms with Crippen molar-refractivity contribution in [2.24, 2.45) is 5.73 Å². The Labute approximate surface area is 158 Å². The number of hydrogen-bond acceptors (Lipinski definition) is 4. The average Bonchev–Trinajstić information content (AvgIpc) is 3.14. The van der Waals surface area contributed by atoms with Crippen molar-refractivity contribution in [3.8, 4) is 11.4 Å². The predicted molar refractivity (Wildman–Crippen MR) is 104 cm³/mol. The zero-order valence-corrected chi connectivity index (χ0v) is 15.4. The fraction of sp³-hybridized carbons (Fsp3) is 0.286. The molecule has 2 heterocycles. The Bertz CT molecular complexity index is 933. The van der Waals surface area contributed by atoms with E-state index in [-0.39, 0.29) is 11.9 Å². The van der Waals surface area contributed by atoms with Gasteiger partial charge in [0.1, 0.15) is 0 Å². The van der Waals surface area contributed by atoms with Crippen molar-refractivity contribution in [1.82, 2.24) is 19.7 Å². The third-order valence-electron chi connectivity index (χ3n) is 4.98. The summed E-state index contributed by atoms with van der Waals surface area (Å²) < 4.78 is 2.14. The molecule has 0 radical (unpaired) electrons. The highest BCUT2D eigenvalue weighted by Crippen LogP contribution is 2.28. The second-order valence-corrected chi connectivity index (χ2v) is 6.95. The van der Waals surface area contributed by atoms with E-state index in [1.165, 1.54) is 0 Å². The zero-order chi connectivity index (χ0) is 18.8. The minimum atomic E-state index is 0.0247. The summed E-state index contributed by atoms with van der Waals surface area (Å²) in [5, 5.41) is 8.73. The van der Waals surface area contributed by atoms with Gasteiger partial charge in [0, 0.05) is 17.7 Å². The first kappa shape index (κ1) is 17.4. The van der Waals surface area contributed by atoms with Gasteiger partial charge in [-0.15, -0.1) is 10.2 Å². The maximum absolute atomic E-state index is 12.9. The van der Waals surface area contributed by atoms with Gasteiger partial charge in [0.2, 0.25) is 0 Å². The average molecular weight is 361 g/mol. The number of benzene rings is 2. The molecular weight excluding hydrogens is 338 g/mol. The molecule has 4 rings (SSSR count). The van der Waals surface area contributed by atoms with Crippen LogP contribution in [-0.2, 0) is 13.0 Å². The molecule has 0 unspecified atom stereocenters. The molecule has 6 nitrogen and oxygen atoms in total. The van der Waals surface area contributed by atoms with Crippen LogP contribution in [0.2, 0.25) is 0 Å². The van der Waals surface area contributed by atoms with Gasteiger partial charge in [0.25, 0.3) is 5.91 Å². The largest absolute Gasteiger partial charge is 0.330 e. The lowest BCUT2D eigenvalue weighted by Crippen LogP contribution is -2.40. The molecule has 138 valence electrons. The summed E-state index contributed by atoms with van der Waals surface area (Å²) in [7, 11) is 0. The summed E-state index contributed by atoms with van der Waals surface area (Å²) in [6.07, 6.45) is 0.820. The maximum atomic E-state index is 12.9. The lowest BCUT2D eigenvalue weighted by molar-refractivity contribution is 0.0682. The molecule has 2 N–H and O–H groups in total. The van der Waals surface area contributed by atoms with E-state index >= 15 is 0 Å². The van der Waals surface area contributed by atoms with E-state index in [1.54, 1.807) is 0 Å². The lowest BCUT2D eigenvalue weighted by Gasteiger charge is -2.32. The van der Waals surface area contributed by atoms with Gasteiger partial charge in [0.05, 0.1) is 12.6 Å². The second-order valence-electron chi connectivity index (χ2n) is 6.95. The minimum Gasteiger partial charge on any atom is -0.330 e. The fourth-order valence-electron chi connectivity index (χ4n) is 3.63. The molecule has 2 aromatic carbocycles. The van der Waals surface area contributed by atoms with E-state index in [1.807, 2.05) is 59.5 Å². The number of carbonyl (C=O) groups is 1. The van der Waals surface area contributed by atoms with Gasteiger partial charge in [-0.25, -0.2) is 0 Å². The smallest absolute Gasteiger partial charge is 0.254 e. The number of hydrogen-bond donors (Lipinski definition) is 1. The van der Waals surface area contributed by atoms with Crippen molar-refractivity contribution in [3.05, 3.63) is 71.5 Å². The normalized spacial score (nSPS) is 16.2. The Morgan fingerprint density at radius 3 is 2.56 bits per heavy atom. The van der Waals surface area contributed by atoms with Gasteiger partial charge in [-0.2, -0.15) is 0 Å². The number of aromatic nitrogens is 3. The van der Waals surface area contributed by atoms with Crippen molar-refractivity contribution in [1.29, 1.82) is 0 Å². The summed E-state index contributed by atoms with van der Waals surface area (Å²) in [5.74, 6) is 1.70. The molecular formula is C21H23N5O. The molecule has 0 aliphatic carbocycles. The van der Waals surface area contributed by atoms with Crippen LogP contribution in [-0.4, -0.2) is 38.7 Å². The summed E-state index contributed by atoms with van der Waals surface area (Å²) in [6.45, 7) is 3.81. The van der Waals surface area contributed by atoms with Crippen molar-refractivity contribution in [2.75, 3.05) is 13.1 Å². The minimum absolute atomic E-state index is 0.0247. The molecule has 0 fully saturated rings. The number of nitrogens with two attached hydrogens (primary N) is 1. The van der Waals surface area contributed by atoms with Gasteiger partial charge < -0.3 is 15.2 Å². The highest BCUT2D eigenvalue weighted by molar-refractivity contribution is 5.94. The second kappa shape index (κ2) is 7.32. The predicted octanol–water partition coefficient (Wildman–Crippen LogP) is 2.66. The number of amides is 1. The van der Waals surface area contributed by atoms with Crippen LogP contribution in [0.5, 0.6) is 0 Å². The first-order valence-electron chi connectivity index (χ1n) is 9.25. The number of nitrogens with zero attached hydrogens (tertiary/aromatic N) is 4. The van der Waals surface area contributed by atoms with Gasteiger partial charge in [-0.05, 0) is 37.6 Å². The standard InChI is InChI=1S/C21H23N5O/c1-15-13-25(21(27)18-9-7-16(8-10-18)11-12-22)14-19-23-24-20(26(15)19)17-5-3-2-4-6-17/h2-10,15H,11-14,22H2,1H3/t15-/m0/s1. The molecule has 1 aliphatic heterocycles. The molecule has 6 heteroatoms. The Hall–Kier alpha value is -2.99. The van der Waals surface area contributed by atoms with Crippen LogP contribution in [0.15, 0.2) is 54.6 Å². The Morgan fingerprint density at radius 2 is 1.85 bits per heavy atom. The molecule has 1 aromatic heterocycles. The summed E-state index contributed by atoms with van der Waals surface area (Å²) >= 11 is 0. The molecule has 1 aliphatic rings. The number of fused-ring (bicyclic) bond motifs is 1. The van der Waals surface area contributed by atoms with E-state index in [0.717, 1.165) is 29.2 Å². The van der Waals surface area contributed by atoms with Gasteiger partial charge in [0.15, 0.2) is 11.6 Å². The molecule has 1 atom stereocenters. The maximum Gasteiger partial charge on any atom is 0.254 e. The van der Waals surface area contributed by atoms with E-state index < -0.39 is 0 Å². The lowest BCUT2D eigenvalue weighted by atomic mass is 10.1. The van der Waals surface area contributed by atoms with Crippen LogP contribution < -0.4 is 5.73 Å². The zero-order valence-electron chi connectivity index (χ0n) is 15.4. The van der Waals surface area contributed by atoms with E-state index in [2.05, 4.69) is 21.7 Å². The molecule has 0 saturated carbocycles.